The summed E-state index contributed by atoms with van der Waals surface area (Å²) in [5, 5.41) is 18.4. The summed E-state index contributed by atoms with van der Waals surface area (Å²) in [5.74, 6) is 0. The van der Waals surface area contributed by atoms with Crippen LogP contribution in [0.4, 0.5) is 0 Å². The lowest BCUT2D eigenvalue weighted by Gasteiger charge is -2.33. The van der Waals surface area contributed by atoms with E-state index in [0.29, 0.717) is 6.61 Å². The molecule has 1 aliphatic heterocycles. The quantitative estimate of drug-likeness (QED) is 0.644. The van der Waals surface area contributed by atoms with Crippen molar-refractivity contribution < 1.29 is 14.9 Å². The summed E-state index contributed by atoms with van der Waals surface area (Å²) >= 11 is 0. The van der Waals surface area contributed by atoms with Gasteiger partial charge >= 0.3 is 0 Å². The van der Waals surface area contributed by atoms with Crippen molar-refractivity contribution in [3.8, 4) is 0 Å². The third-order valence-corrected chi connectivity index (χ3v) is 3.12. The van der Waals surface area contributed by atoms with Crippen LogP contribution in [0.3, 0.4) is 0 Å². The first kappa shape index (κ1) is 11.9. The van der Waals surface area contributed by atoms with Gasteiger partial charge in [-0.05, 0) is 20.4 Å². The number of likely N-dealkylation sites (N-methyl/N-ethyl adjacent to an activating group) is 1. The number of hydrogen-bond acceptors (Lipinski definition) is 4. The number of nitrogens with zero attached hydrogens (tertiary/aromatic N) is 1. The Hall–Kier alpha value is -0.160. The zero-order valence-corrected chi connectivity index (χ0v) is 9.07. The van der Waals surface area contributed by atoms with E-state index in [9.17, 15) is 5.11 Å². The van der Waals surface area contributed by atoms with Crippen LogP contribution in [0.25, 0.3) is 0 Å². The van der Waals surface area contributed by atoms with Crippen molar-refractivity contribution in [3.63, 3.8) is 0 Å². The fourth-order valence-corrected chi connectivity index (χ4v) is 1.77. The van der Waals surface area contributed by atoms with Gasteiger partial charge in [0.25, 0.3) is 0 Å². The maximum absolute atomic E-state index is 9.35. The van der Waals surface area contributed by atoms with E-state index in [-0.39, 0.29) is 24.7 Å². The van der Waals surface area contributed by atoms with Crippen molar-refractivity contribution in [1.29, 1.82) is 0 Å². The van der Waals surface area contributed by atoms with E-state index in [0.717, 1.165) is 19.6 Å². The molecule has 2 N–H and O–H groups in total. The van der Waals surface area contributed by atoms with Gasteiger partial charge in [0.2, 0.25) is 0 Å². The molecule has 0 spiro atoms. The van der Waals surface area contributed by atoms with E-state index in [2.05, 4.69) is 4.90 Å². The fraction of sp³-hybridized carbons (Fsp3) is 1.00. The van der Waals surface area contributed by atoms with Gasteiger partial charge in [0.15, 0.2) is 0 Å². The predicted molar refractivity (Wildman–Crippen MR) is 54.1 cm³/mol. The second kappa shape index (κ2) is 5.07. The molecule has 0 amide bonds. The van der Waals surface area contributed by atoms with Gasteiger partial charge in [-0.2, -0.15) is 0 Å². The minimum atomic E-state index is -0.113. The van der Waals surface area contributed by atoms with Crippen molar-refractivity contribution in [2.75, 3.05) is 40.0 Å². The number of aliphatic hydroxyl groups is 2. The van der Waals surface area contributed by atoms with Crippen molar-refractivity contribution in [3.05, 3.63) is 0 Å². The first-order chi connectivity index (χ1) is 6.63. The topological polar surface area (TPSA) is 52.9 Å². The highest BCUT2D eigenvalue weighted by atomic mass is 16.5. The highest BCUT2D eigenvalue weighted by Gasteiger charge is 2.36. The summed E-state index contributed by atoms with van der Waals surface area (Å²) in [6, 6.07) is 0.138. The van der Waals surface area contributed by atoms with E-state index < -0.39 is 0 Å². The van der Waals surface area contributed by atoms with Gasteiger partial charge in [0, 0.05) is 24.6 Å². The molecule has 4 heteroatoms. The van der Waals surface area contributed by atoms with Crippen LogP contribution in [-0.2, 0) is 4.74 Å². The largest absolute Gasteiger partial charge is 0.396 e. The zero-order valence-electron chi connectivity index (χ0n) is 9.07. The molecule has 0 aromatic heterocycles. The number of rotatable bonds is 5. The summed E-state index contributed by atoms with van der Waals surface area (Å²) in [4.78, 5) is 2.07. The van der Waals surface area contributed by atoms with E-state index in [1.165, 1.54) is 0 Å². The predicted octanol–water partition coefficient (Wildman–Crippen LogP) is -0.302. The SMILES string of the molecule is CC(CO)N(C)CC1(CO)CCOC1. The fourth-order valence-electron chi connectivity index (χ4n) is 1.77. The molecule has 2 unspecified atom stereocenters. The van der Waals surface area contributed by atoms with Crippen LogP contribution in [0.15, 0.2) is 0 Å². The summed E-state index contributed by atoms with van der Waals surface area (Å²) < 4.78 is 5.32. The molecule has 2 atom stereocenters. The molecule has 1 rings (SSSR count). The standard InChI is InChI=1S/C10H21NO3/c1-9(5-12)11(2)6-10(7-13)3-4-14-8-10/h9,12-13H,3-8H2,1-2H3. The van der Waals surface area contributed by atoms with Crippen LogP contribution in [0, 0.1) is 5.41 Å². The van der Waals surface area contributed by atoms with E-state index in [4.69, 9.17) is 9.84 Å². The van der Waals surface area contributed by atoms with Gasteiger partial charge in [-0.3, -0.25) is 0 Å². The average molecular weight is 203 g/mol. The molecular formula is C10H21NO3. The molecule has 84 valence electrons. The minimum absolute atomic E-state index is 0.113. The van der Waals surface area contributed by atoms with Crippen LogP contribution >= 0.6 is 0 Å². The third-order valence-electron chi connectivity index (χ3n) is 3.12. The van der Waals surface area contributed by atoms with E-state index in [1.807, 2.05) is 14.0 Å². The van der Waals surface area contributed by atoms with Gasteiger partial charge in [0.1, 0.15) is 0 Å². The molecule has 1 heterocycles. The summed E-state index contributed by atoms with van der Waals surface area (Å²) in [6.07, 6.45) is 0.909. The maximum atomic E-state index is 9.35. The first-order valence-electron chi connectivity index (χ1n) is 5.13. The van der Waals surface area contributed by atoms with Gasteiger partial charge < -0.3 is 19.8 Å². The smallest absolute Gasteiger partial charge is 0.0584 e. The molecular weight excluding hydrogens is 182 g/mol. The van der Waals surface area contributed by atoms with Crippen LogP contribution in [0.5, 0.6) is 0 Å². The van der Waals surface area contributed by atoms with E-state index in [1.54, 1.807) is 0 Å². The number of aliphatic hydroxyl groups excluding tert-OH is 2. The van der Waals surface area contributed by atoms with E-state index >= 15 is 0 Å². The Labute approximate surface area is 85.5 Å². The Morgan fingerprint density at radius 1 is 1.50 bits per heavy atom. The molecule has 0 aliphatic carbocycles. The Kier molecular flexibility index (Phi) is 4.31. The van der Waals surface area contributed by atoms with Crippen molar-refractivity contribution in [2.45, 2.75) is 19.4 Å². The monoisotopic (exact) mass is 203 g/mol. The van der Waals surface area contributed by atoms with Gasteiger partial charge in [-0.1, -0.05) is 0 Å². The Balaban J connectivity index is 2.47. The lowest BCUT2D eigenvalue weighted by molar-refractivity contribution is 0.0438. The molecule has 0 saturated carbocycles. The summed E-state index contributed by atoms with van der Waals surface area (Å²) in [6.45, 7) is 4.44. The van der Waals surface area contributed by atoms with Crippen LogP contribution in [-0.4, -0.2) is 61.2 Å². The maximum Gasteiger partial charge on any atom is 0.0584 e. The third kappa shape index (κ3) is 2.67. The van der Waals surface area contributed by atoms with Crippen molar-refractivity contribution in [1.82, 2.24) is 4.90 Å². The minimum Gasteiger partial charge on any atom is -0.396 e. The molecule has 1 aliphatic rings. The van der Waals surface area contributed by atoms with Gasteiger partial charge in [-0.15, -0.1) is 0 Å². The summed E-state index contributed by atoms with van der Waals surface area (Å²) in [7, 11) is 1.97. The second-order valence-electron chi connectivity index (χ2n) is 4.41. The van der Waals surface area contributed by atoms with Gasteiger partial charge in [0.05, 0.1) is 19.8 Å². The average Bonchev–Trinajstić information content (AvgIpc) is 2.65. The Bertz CT molecular complexity index is 169. The Morgan fingerprint density at radius 2 is 2.21 bits per heavy atom. The molecule has 0 radical (unpaired) electrons. The van der Waals surface area contributed by atoms with Gasteiger partial charge in [-0.25, -0.2) is 0 Å². The lowest BCUT2D eigenvalue weighted by atomic mass is 9.87. The number of ether oxygens (including phenoxy) is 1. The van der Waals surface area contributed by atoms with Crippen LogP contribution in [0.1, 0.15) is 13.3 Å². The van der Waals surface area contributed by atoms with Crippen LogP contribution in [0.2, 0.25) is 0 Å². The molecule has 1 fully saturated rings. The highest BCUT2D eigenvalue weighted by Crippen LogP contribution is 2.29. The normalized spacial score (nSPS) is 29.8. The second-order valence-corrected chi connectivity index (χ2v) is 4.41. The molecule has 4 nitrogen and oxygen atoms in total. The molecule has 0 aromatic carbocycles. The van der Waals surface area contributed by atoms with Crippen molar-refractivity contribution in [2.24, 2.45) is 5.41 Å². The number of hydrogen-bond donors (Lipinski definition) is 2. The summed E-state index contributed by atoms with van der Waals surface area (Å²) in [5.41, 5.74) is -0.113. The van der Waals surface area contributed by atoms with Crippen molar-refractivity contribution >= 4 is 0 Å². The Morgan fingerprint density at radius 3 is 2.64 bits per heavy atom. The first-order valence-corrected chi connectivity index (χ1v) is 5.13. The molecule has 14 heavy (non-hydrogen) atoms. The molecule has 0 aromatic rings. The highest BCUT2D eigenvalue weighted by molar-refractivity contribution is 4.86. The zero-order chi connectivity index (χ0) is 10.6. The molecule has 0 bridgehead atoms. The van der Waals surface area contributed by atoms with Crippen LogP contribution < -0.4 is 0 Å². The molecule has 1 saturated heterocycles. The lowest BCUT2D eigenvalue weighted by Crippen LogP contribution is -2.43.